The van der Waals surface area contributed by atoms with Gasteiger partial charge < -0.3 is 29.7 Å². The highest BCUT2D eigenvalue weighted by Gasteiger charge is 2.39. The van der Waals surface area contributed by atoms with Crippen molar-refractivity contribution < 1.29 is 37.4 Å². The fourth-order valence-corrected chi connectivity index (χ4v) is 4.16. The SMILES string of the molecule is C[C@H]1Oc2ccccc2N(C)C(=O)[C@H]1NC(=O)C(CC1OCCO1)C(=O)NCc1cc(F)cc(F)c1. The smallest absolute Gasteiger partial charge is 0.253 e. The molecule has 11 heteroatoms. The van der Waals surface area contributed by atoms with Gasteiger partial charge in [0.2, 0.25) is 11.8 Å². The van der Waals surface area contributed by atoms with Crippen molar-refractivity contribution in [3.8, 4) is 5.75 Å². The molecule has 36 heavy (non-hydrogen) atoms. The summed E-state index contributed by atoms with van der Waals surface area (Å²) in [6, 6.07) is 8.80. The minimum absolute atomic E-state index is 0.110. The van der Waals surface area contributed by atoms with Crippen LogP contribution in [-0.2, 0) is 30.4 Å². The molecule has 2 heterocycles. The van der Waals surface area contributed by atoms with E-state index in [0.717, 1.165) is 18.2 Å². The van der Waals surface area contributed by atoms with Gasteiger partial charge in [-0.3, -0.25) is 14.4 Å². The van der Waals surface area contributed by atoms with Gasteiger partial charge in [-0.2, -0.15) is 0 Å². The Kier molecular flexibility index (Phi) is 7.80. The molecule has 2 aliphatic rings. The lowest BCUT2D eigenvalue weighted by molar-refractivity contribution is -0.142. The molecule has 9 nitrogen and oxygen atoms in total. The molecule has 1 fully saturated rings. The number of fused-ring (bicyclic) bond motifs is 1. The molecule has 2 aromatic rings. The fraction of sp³-hybridized carbons (Fsp3) is 0.400. The summed E-state index contributed by atoms with van der Waals surface area (Å²) in [5.41, 5.74) is 0.740. The van der Waals surface area contributed by atoms with Gasteiger partial charge in [0, 0.05) is 26.1 Å². The third-order valence-corrected chi connectivity index (χ3v) is 6.04. The highest BCUT2D eigenvalue weighted by molar-refractivity contribution is 6.05. The van der Waals surface area contributed by atoms with Crippen molar-refractivity contribution in [2.75, 3.05) is 25.2 Å². The van der Waals surface area contributed by atoms with Crippen molar-refractivity contribution in [2.45, 2.75) is 38.3 Å². The molecule has 0 saturated carbocycles. The van der Waals surface area contributed by atoms with E-state index in [1.54, 1.807) is 38.2 Å². The van der Waals surface area contributed by atoms with Gasteiger partial charge in [-0.1, -0.05) is 12.1 Å². The molecule has 4 rings (SSSR count). The van der Waals surface area contributed by atoms with Crippen LogP contribution in [0.3, 0.4) is 0 Å². The maximum atomic E-state index is 13.5. The van der Waals surface area contributed by atoms with Crippen LogP contribution in [0, 0.1) is 17.6 Å². The molecule has 0 spiro atoms. The number of likely N-dealkylation sites (N-methyl/N-ethyl adjacent to an activating group) is 1. The zero-order chi connectivity index (χ0) is 25.8. The van der Waals surface area contributed by atoms with Crippen LogP contribution in [0.15, 0.2) is 42.5 Å². The number of benzene rings is 2. The van der Waals surface area contributed by atoms with Crippen molar-refractivity contribution >= 4 is 23.4 Å². The Balaban J connectivity index is 1.49. The second-order valence-electron chi connectivity index (χ2n) is 8.63. The summed E-state index contributed by atoms with van der Waals surface area (Å²) in [6.07, 6.45) is -1.63. The third-order valence-electron chi connectivity index (χ3n) is 6.04. The van der Waals surface area contributed by atoms with E-state index < -0.39 is 53.7 Å². The number of anilines is 1. The quantitative estimate of drug-likeness (QED) is 0.559. The Bertz CT molecular complexity index is 1120. The molecular weight excluding hydrogens is 476 g/mol. The van der Waals surface area contributed by atoms with Crippen LogP contribution in [0.2, 0.25) is 0 Å². The second-order valence-corrected chi connectivity index (χ2v) is 8.63. The summed E-state index contributed by atoms with van der Waals surface area (Å²) in [6.45, 7) is 2.08. The molecule has 0 bridgehead atoms. The lowest BCUT2D eigenvalue weighted by atomic mass is 10.0. The van der Waals surface area contributed by atoms with Crippen molar-refractivity contribution in [3.63, 3.8) is 0 Å². The van der Waals surface area contributed by atoms with Crippen LogP contribution >= 0.6 is 0 Å². The van der Waals surface area contributed by atoms with Gasteiger partial charge >= 0.3 is 0 Å². The Labute approximate surface area is 206 Å². The van der Waals surface area contributed by atoms with Crippen molar-refractivity contribution in [2.24, 2.45) is 5.92 Å². The lowest BCUT2D eigenvalue weighted by Crippen LogP contribution is -2.56. The van der Waals surface area contributed by atoms with Gasteiger partial charge in [0.15, 0.2) is 6.29 Å². The summed E-state index contributed by atoms with van der Waals surface area (Å²) in [7, 11) is 1.57. The summed E-state index contributed by atoms with van der Waals surface area (Å²) in [4.78, 5) is 40.9. The summed E-state index contributed by atoms with van der Waals surface area (Å²) in [5, 5.41) is 5.18. The van der Waals surface area contributed by atoms with Crippen LogP contribution in [0.25, 0.3) is 0 Å². The first-order valence-electron chi connectivity index (χ1n) is 11.5. The minimum atomic E-state index is -1.30. The lowest BCUT2D eigenvalue weighted by Gasteiger charge is -2.26. The summed E-state index contributed by atoms with van der Waals surface area (Å²) in [5.74, 6) is -4.24. The average Bonchev–Trinajstić information content (AvgIpc) is 3.34. The monoisotopic (exact) mass is 503 g/mol. The molecule has 1 saturated heterocycles. The number of amides is 3. The van der Waals surface area contributed by atoms with Gasteiger partial charge in [-0.05, 0) is 36.8 Å². The Morgan fingerprint density at radius 3 is 2.44 bits per heavy atom. The zero-order valence-corrected chi connectivity index (χ0v) is 19.8. The number of nitrogens with zero attached hydrogens (tertiary/aromatic N) is 1. The standard InChI is InChI=1S/C25H27F2N3O6/c1-14-22(25(33)30(2)19-5-3-4-6-20(19)36-14)29-24(32)18(12-21-34-7-8-35-21)23(31)28-13-15-9-16(26)11-17(27)10-15/h3-6,9-11,14,18,21-22H,7-8,12-13H2,1-2H3,(H,28,31)(H,29,32)/t14-,18?,22+/m1/s1. The van der Waals surface area contributed by atoms with Crippen molar-refractivity contribution in [3.05, 3.63) is 59.7 Å². The first kappa shape index (κ1) is 25.5. The van der Waals surface area contributed by atoms with Crippen molar-refractivity contribution in [1.29, 1.82) is 0 Å². The predicted octanol–water partition coefficient (Wildman–Crippen LogP) is 1.89. The number of carbonyl (C=O) groups is 3. The zero-order valence-electron chi connectivity index (χ0n) is 19.8. The van der Waals surface area contributed by atoms with Gasteiger partial charge in [0.1, 0.15) is 35.4 Å². The third kappa shape index (κ3) is 5.80. The van der Waals surface area contributed by atoms with E-state index in [2.05, 4.69) is 10.6 Å². The number of nitrogens with one attached hydrogen (secondary N) is 2. The number of rotatable bonds is 7. The van der Waals surface area contributed by atoms with Gasteiger partial charge in [0.05, 0.1) is 18.9 Å². The maximum Gasteiger partial charge on any atom is 0.253 e. The molecule has 2 aromatic carbocycles. The topological polar surface area (TPSA) is 106 Å². The molecular formula is C25H27F2N3O6. The van der Waals surface area contributed by atoms with E-state index in [1.165, 1.54) is 4.90 Å². The van der Waals surface area contributed by atoms with E-state index in [9.17, 15) is 23.2 Å². The Morgan fingerprint density at radius 2 is 1.75 bits per heavy atom. The first-order chi connectivity index (χ1) is 17.2. The first-order valence-corrected chi connectivity index (χ1v) is 11.5. The van der Waals surface area contributed by atoms with E-state index in [1.807, 2.05) is 0 Å². The molecule has 2 aliphatic heterocycles. The van der Waals surface area contributed by atoms with Gasteiger partial charge in [-0.15, -0.1) is 0 Å². The van der Waals surface area contributed by atoms with Crippen LogP contribution in [0.4, 0.5) is 14.5 Å². The van der Waals surface area contributed by atoms with Crippen LogP contribution < -0.4 is 20.3 Å². The minimum Gasteiger partial charge on any atom is -0.486 e. The number of halogens is 2. The largest absolute Gasteiger partial charge is 0.486 e. The summed E-state index contributed by atoms with van der Waals surface area (Å²) < 4.78 is 43.7. The van der Waals surface area contributed by atoms with E-state index >= 15 is 0 Å². The molecule has 3 amide bonds. The molecule has 1 unspecified atom stereocenters. The average molecular weight is 504 g/mol. The maximum absolute atomic E-state index is 13.5. The fourth-order valence-electron chi connectivity index (χ4n) is 4.16. The van der Waals surface area contributed by atoms with Crippen molar-refractivity contribution in [1.82, 2.24) is 10.6 Å². The molecule has 2 N–H and O–H groups in total. The number of carbonyl (C=O) groups excluding carboxylic acids is 3. The number of ether oxygens (including phenoxy) is 3. The Morgan fingerprint density at radius 1 is 1.08 bits per heavy atom. The van der Waals surface area contributed by atoms with E-state index in [4.69, 9.17) is 14.2 Å². The number of para-hydroxylation sites is 2. The van der Waals surface area contributed by atoms with E-state index in [0.29, 0.717) is 24.7 Å². The summed E-state index contributed by atoms with van der Waals surface area (Å²) >= 11 is 0. The van der Waals surface area contributed by atoms with Gasteiger partial charge in [-0.25, -0.2) is 8.78 Å². The van der Waals surface area contributed by atoms with Gasteiger partial charge in [0.25, 0.3) is 5.91 Å². The number of hydrogen-bond donors (Lipinski definition) is 2. The molecule has 192 valence electrons. The second kappa shape index (κ2) is 11.0. The molecule has 0 radical (unpaired) electrons. The van der Waals surface area contributed by atoms with Crippen LogP contribution in [0.5, 0.6) is 5.75 Å². The predicted molar refractivity (Wildman–Crippen MR) is 124 cm³/mol. The highest BCUT2D eigenvalue weighted by atomic mass is 19.1. The van der Waals surface area contributed by atoms with Crippen LogP contribution in [-0.4, -0.2) is 56.4 Å². The normalized spacial score (nSPS) is 20.8. The number of hydrogen-bond acceptors (Lipinski definition) is 6. The molecule has 0 aromatic heterocycles. The highest BCUT2D eigenvalue weighted by Crippen LogP contribution is 2.32. The molecule has 3 atom stereocenters. The van der Waals surface area contributed by atoms with E-state index in [-0.39, 0.29) is 18.5 Å². The van der Waals surface area contributed by atoms with Crippen LogP contribution in [0.1, 0.15) is 18.9 Å². The molecule has 0 aliphatic carbocycles. The Hall–Kier alpha value is -3.57.